The largest absolute Gasteiger partial charge is 0.443 e. The molecule has 88 valence electrons. The van der Waals surface area contributed by atoms with Crippen LogP contribution in [0.25, 0.3) is 0 Å². The van der Waals surface area contributed by atoms with E-state index in [0.717, 1.165) is 32.6 Å². The Morgan fingerprint density at radius 2 is 2.07 bits per heavy atom. The molecule has 5 nitrogen and oxygen atoms in total. The van der Waals surface area contributed by atoms with Gasteiger partial charge in [-0.3, -0.25) is 5.43 Å². The summed E-state index contributed by atoms with van der Waals surface area (Å²) in [5.74, 6) is 0. The predicted molar refractivity (Wildman–Crippen MR) is 58.4 cm³/mol. The number of rotatable bonds is 1. The molecule has 0 aromatic rings. The second-order valence-electron chi connectivity index (χ2n) is 4.70. The van der Waals surface area contributed by atoms with Gasteiger partial charge in [0.15, 0.2) is 0 Å². The highest BCUT2D eigenvalue weighted by molar-refractivity contribution is 5.67. The zero-order valence-corrected chi connectivity index (χ0v) is 9.80. The van der Waals surface area contributed by atoms with Gasteiger partial charge >= 0.3 is 6.09 Å². The van der Waals surface area contributed by atoms with Crippen LogP contribution in [0.2, 0.25) is 0 Å². The average Bonchev–Trinajstić information content (AvgIpc) is 2.28. The maximum atomic E-state index is 11.4. The lowest BCUT2D eigenvalue weighted by Crippen LogP contribution is -2.46. The van der Waals surface area contributed by atoms with Crippen LogP contribution in [0.15, 0.2) is 0 Å². The highest BCUT2D eigenvalue weighted by Gasteiger charge is 2.18. The number of nitrogens with zero attached hydrogens (tertiary/aromatic N) is 1. The lowest BCUT2D eigenvalue weighted by atomic mass is 10.2. The Hall–Kier alpha value is -0.810. The molecule has 5 heteroatoms. The van der Waals surface area contributed by atoms with E-state index >= 15 is 0 Å². The van der Waals surface area contributed by atoms with E-state index in [9.17, 15) is 4.79 Å². The molecule has 1 saturated heterocycles. The summed E-state index contributed by atoms with van der Waals surface area (Å²) in [4.78, 5) is 11.4. The number of amides is 1. The van der Waals surface area contributed by atoms with Gasteiger partial charge in [0, 0.05) is 19.6 Å². The van der Waals surface area contributed by atoms with E-state index in [1.165, 1.54) is 0 Å². The summed E-state index contributed by atoms with van der Waals surface area (Å²) in [5.41, 5.74) is 2.31. The molecular formula is C10H21N3O2. The Labute approximate surface area is 91.1 Å². The summed E-state index contributed by atoms with van der Waals surface area (Å²) in [5, 5.41) is 5.16. The van der Waals surface area contributed by atoms with Crippen LogP contribution in [0.1, 0.15) is 27.2 Å². The van der Waals surface area contributed by atoms with Crippen molar-refractivity contribution in [2.24, 2.45) is 0 Å². The van der Waals surface area contributed by atoms with E-state index in [-0.39, 0.29) is 6.09 Å². The first kappa shape index (κ1) is 12.3. The van der Waals surface area contributed by atoms with Crippen molar-refractivity contribution < 1.29 is 9.53 Å². The Morgan fingerprint density at radius 1 is 1.33 bits per heavy atom. The molecule has 1 heterocycles. The molecule has 0 unspecified atom stereocenters. The second-order valence-corrected chi connectivity index (χ2v) is 4.70. The predicted octanol–water partition coefficient (Wildman–Crippen LogP) is 0.721. The molecule has 1 aliphatic heterocycles. The van der Waals surface area contributed by atoms with Crippen LogP contribution in [0.4, 0.5) is 4.79 Å². The van der Waals surface area contributed by atoms with Crippen LogP contribution in [-0.2, 0) is 4.74 Å². The van der Waals surface area contributed by atoms with Gasteiger partial charge in [-0.25, -0.2) is 9.80 Å². The third-order valence-corrected chi connectivity index (χ3v) is 1.99. The van der Waals surface area contributed by atoms with Gasteiger partial charge < -0.3 is 10.1 Å². The first-order chi connectivity index (χ1) is 6.97. The van der Waals surface area contributed by atoms with Crippen LogP contribution >= 0.6 is 0 Å². The van der Waals surface area contributed by atoms with Gasteiger partial charge in [0.2, 0.25) is 0 Å². The molecule has 1 aliphatic rings. The van der Waals surface area contributed by atoms with E-state index in [0.29, 0.717) is 0 Å². The molecule has 0 atom stereocenters. The van der Waals surface area contributed by atoms with Gasteiger partial charge in [-0.2, -0.15) is 0 Å². The summed E-state index contributed by atoms with van der Waals surface area (Å²) >= 11 is 0. The van der Waals surface area contributed by atoms with Crippen molar-refractivity contribution in [1.29, 1.82) is 0 Å². The molecule has 0 aliphatic carbocycles. The van der Waals surface area contributed by atoms with Crippen molar-refractivity contribution >= 4 is 6.09 Å². The summed E-state index contributed by atoms with van der Waals surface area (Å²) in [6, 6.07) is 0. The second kappa shape index (κ2) is 5.32. The molecule has 1 amide bonds. The first-order valence-corrected chi connectivity index (χ1v) is 5.43. The molecule has 0 aromatic carbocycles. The normalized spacial score (nSPS) is 19.4. The van der Waals surface area contributed by atoms with E-state index in [1.54, 1.807) is 0 Å². The maximum absolute atomic E-state index is 11.4. The highest BCUT2D eigenvalue weighted by atomic mass is 16.6. The maximum Gasteiger partial charge on any atom is 0.422 e. The molecule has 0 radical (unpaired) electrons. The van der Waals surface area contributed by atoms with Crippen LogP contribution in [-0.4, -0.2) is 42.9 Å². The fourth-order valence-corrected chi connectivity index (χ4v) is 1.39. The van der Waals surface area contributed by atoms with Crippen molar-refractivity contribution in [2.75, 3.05) is 26.2 Å². The van der Waals surface area contributed by atoms with Crippen LogP contribution in [0.5, 0.6) is 0 Å². The first-order valence-electron chi connectivity index (χ1n) is 5.43. The number of carbonyl (C=O) groups excluding carboxylic acids is 1. The minimum atomic E-state index is -0.436. The van der Waals surface area contributed by atoms with Crippen molar-refractivity contribution in [3.8, 4) is 0 Å². The number of hydrogen-bond acceptors (Lipinski definition) is 4. The monoisotopic (exact) mass is 215 g/mol. The van der Waals surface area contributed by atoms with Crippen LogP contribution < -0.4 is 10.7 Å². The summed E-state index contributed by atoms with van der Waals surface area (Å²) < 4.78 is 5.17. The number of hydrogen-bond donors (Lipinski definition) is 2. The minimum Gasteiger partial charge on any atom is -0.443 e. The van der Waals surface area contributed by atoms with Crippen molar-refractivity contribution in [1.82, 2.24) is 15.8 Å². The van der Waals surface area contributed by atoms with Crippen LogP contribution in [0, 0.1) is 0 Å². The average molecular weight is 215 g/mol. The van der Waals surface area contributed by atoms with Gasteiger partial charge in [-0.05, 0) is 33.7 Å². The number of carbonyl (C=O) groups is 1. The lowest BCUT2D eigenvalue weighted by molar-refractivity contribution is 0.0340. The Kier molecular flexibility index (Phi) is 4.35. The molecule has 1 fully saturated rings. The third-order valence-electron chi connectivity index (χ3n) is 1.99. The molecular weight excluding hydrogens is 194 g/mol. The van der Waals surface area contributed by atoms with E-state index in [2.05, 4.69) is 10.7 Å². The standard InChI is InChI=1S/C10H21N3O2/c1-10(2,3)15-9(14)12-13-7-4-5-11-6-8-13/h11H,4-8H2,1-3H3,(H,12,14). The Bertz CT molecular complexity index is 205. The quantitative estimate of drug-likeness (QED) is 0.677. The highest BCUT2D eigenvalue weighted by Crippen LogP contribution is 2.06. The molecule has 0 bridgehead atoms. The van der Waals surface area contributed by atoms with Crippen molar-refractivity contribution in [3.05, 3.63) is 0 Å². The third kappa shape index (κ3) is 5.59. The van der Waals surface area contributed by atoms with Gasteiger partial charge in [-0.15, -0.1) is 0 Å². The van der Waals surface area contributed by atoms with Gasteiger partial charge in [-0.1, -0.05) is 0 Å². The molecule has 2 N–H and O–H groups in total. The van der Waals surface area contributed by atoms with E-state index in [1.807, 2.05) is 25.8 Å². The van der Waals surface area contributed by atoms with Crippen molar-refractivity contribution in [3.63, 3.8) is 0 Å². The topological polar surface area (TPSA) is 53.6 Å². The molecule has 0 saturated carbocycles. The fourth-order valence-electron chi connectivity index (χ4n) is 1.39. The molecule has 1 rings (SSSR count). The number of nitrogens with one attached hydrogen (secondary N) is 2. The van der Waals surface area contributed by atoms with Gasteiger partial charge in [0.25, 0.3) is 0 Å². The SMILES string of the molecule is CC(C)(C)OC(=O)NN1CCCNCC1. The number of hydrazine groups is 1. The van der Waals surface area contributed by atoms with Gasteiger partial charge in [0.05, 0.1) is 0 Å². The van der Waals surface area contributed by atoms with Gasteiger partial charge in [0.1, 0.15) is 5.60 Å². The molecule has 15 heavy (non-hydrogen) atoms. The summed E-state index contributed by atoms with van der Waals surface area (Å²) in [7, 11) is 0. The van der Waals surface area contributed by atoms with E-state index < -0.39 is 5.60 Å². The number of ether oxygens (including phenoxy) is 1. The summed E-state index contributed by atoms with van der Waals surface area (Å²) in [6.45, 7) is 9.16. The van der Waals surface area contributed by atoms with Crippen LogP contribution in [0.3, 0.4) is 0 Å². The molecule has 0 aromatic heterocycles. The zero-order chi connectivity index (χ0) is 11.3. The lowest BCUT2D eigenvalue weighted by Gasteiger charge is -2.24. The van der Waals surface area contributed by atoms with E-state index in [4.69, 9.17) is 4.74 Å². The smallest absolute Gasteiger partial charge is 0.422 e. The van der Waals surface area contributed by atoms with Crippen molar-refractivity contribution in [2.45, 2.75) is 32.8 Å². The Morgan fingerprint density at radius 3 is 2.73 bits per heavy atom. The Balaban J connectivity index is 2.30. The summed E-state index contributed by atoms with van der Waals surface area (Å²) in [6.07, 6.45) is 0.667. The zero-order valence-electron chi connectivity index (χ0n) is 9.80. The minimum absolute atomic E-state index is 0.371. The molecule has 0 spiro atoms. The fraction of sp³-hybridized carbons (Fsp3) is 0.900.